The lowest BCUT2D eigenvalue weighted by Gasteiger charge is -2.68. The zero-order valence-corrected chi connectivity index (χ0v) is 54.4. The van der Waals surface area contributed by atoms with E-state index < -0.39 is 155 Å². The Balaban J connectivity index is 1.20. The summed E-state index contributed by atoms with van der Waals surface area (Å²) >= 11 is 0. The molecule has 1 saturated heterocycles. The number of aliphatic hydroxyl groups is 1. The van der Waals surface area contributed by atoms with Crippen LogP contribution in [0.5, 0.6) is 0 Å². The Hall–Kier alpha value is -7.27. The highest BCUT2D eigenvalue weighted by Crippen LogP contribution is 2.65. The number of urea groups is 1. The first-order valence-corrected chi connectivity index (χ1v) is 32.5. The quantitative estimate of drug-likeness (QED) is 0.00857. The Morgan fingerprint density at radius 3 is 2.13 bits per heavy atom. The number of carbonyl (C=O) groups is 11. The van der Waals surface area contributed by atoms with Crippen LogP contribution < -0.4 is 21.3 Å². The first-order valence-electron chi connectivity index (χ1n) is 30.0. The lowest BCUT2D eigenvalue weighted by atomic mass is 9.43. The van der Waals surface area contributed by atoms with E-state index in [4.69, 9.17) is 38.3 Å². The van der Waals surface area contributed by atoms with Crippen LogP contribution in [0, 0.1) is 22.7 Å². The van der Waals surface area contributed by atoms with Gasteiger partial charge in [-0.3, -0.25) is 28.8 Å². The van der Waals surface area contributed by atoms with Gasteiger partial charge in [-0.15, -0.1) is 0 Å². The molecule has 7 N–H and O–H groups in total. The predicted octanol–water partition coefficient (Wildman–Crippen LogP) is 6.30. The zero-order valence-electron chi connectivity index (χ0n) is 52.7. The van der Waals surface area contributed by atoms with Crippen LogP contribution in [0.2, 0.25) is 0 Å². The molecule has 1 aliphatic heterocycles. The number of Topliss-reactive ketones (excluding diaryl/α,β-unsaturated/α-hetero) is 1. The van der Waals surface area contributed by atoms with Gasteiger partial charge < -0.3 is 74.5 Å². The number of rotatable bonds is 30. The maximum atomic E-state index is 15.8. The molecule has 4 aliphatic rings. The average molecular weight is 1310 g/mol. The van der Waals surface area contributed by atoms with Crippen LogP contribution in [0.25, 0.3) is 0 Å². The summed E-state index contributed by atoms with van der Waals surface area (Å²) in [5, 5.41) is 42.5. The lowest BCUT2D eigenvalue weighted by molar-refractivity contribution is -0.346. The number of methoxy groups -OCH3 is 1. The third-order valence-electron chi connectivity index (χ3n) is 17.2. The van der Waals surface area contributed by atoms with Crippen molar-refractivity contribution in [2.24, 2.45) is 22.7 Å². The van der Waals surface area contributed by atoms with E-state index in [2.05, 4.69) is 26.0 Å². The molecule has 2 aromatic rings. The van der Waals surface area contributed by atoms with Crippen molar-refractivity contribution in [1.29, 1.82) is 0 Å². The van der Waals surface area contributed by atoms with Crippen molar-refractivity contribution >= 4 is 87.7 Å². The number of carboxylic acids is 2. The van der Waals surface area contributed by atoms with Crippen LogP contribution in [0.3, 0.4) is 0 Å². The van der Waals surface area contributed by atoms with E-state index in [9.17, 15) is 53.4 Å². The summed E-state index contributed by atoms with van der Waals surface area (Å²) in [5.41, 5.74) is -6.90. The minimum absolute atomic E-state index is 0.00530. The first-order chi connectivity index (χ1) is 42.8. The number of nitrogens with one attached hydrogen (secondary N) is 4. The van der Waals surface area contributed by atoms with Crippen molar-refractivity contribution in [3.63, 3.8) is 0 Å². The van der Waals surface area contributed by atoms with Gasteiger partial charge in [-0.2, -0.15) is 0 Å². The van der Waals surface area contributed by atoms with E-state index in [-0.39, 0.29) is 75.4 Å². The number of ketones is 1. The largest absolute Gasteiger partial charge is 0.481 e. The molecule has 4 amide bonds. The van der Waals surface area contributed by atoms with E-state index in [1.54, 1.807) is 104 Å². The maximum absolute atomic E-state index is 15.8. The molecule has 2 bridgehead atoms. The smallest absolute Gasteiger partial charge is 0.408 e. The maximum Gasteiger partial charge on any atom is 0.408 e. The van der Waals surface area contributed by atoms with Gasteiger partial charge in [0.1, 0.15) is 47.4 Å². The van der Waals surface area contributed by atoms with E-state index in [1.165, 1.54) is 47.8 Å². The number of carbonyl (C=O) groups excluding carboxylic acids is 9. The Labute approximate surface area is 535 Å². The van der Waals surface area contributed by atoms with Crippen molar-refractivity contribution < 1.29 is 106 Å². The van der Waals surface area contributed by atoms with Gasteiger partial charge in [-0.25, -0.2) is 24.0 Å². The van der Waals surface area contributed by atoms with Gasteiger partial charge in [0.2, 0.25) is 12.0 Å². The van der Waals surface area contributed by atoms with Crippen molar-refractivity contribution in [3.05, 3.63) is 82.9 Å². The summed E-state index contributed by atoms with van der Waals surface area (Å²) in [7, 11) is 3.91. The van der Waals surface area contributed by atoms with Crippen LogP contribution in [0.1, 0.15) is 142 Å². The van der Waals surface area contributed by atoms with Gasteiger partial charge in [0.05, 0.1) is 41.8 Å². The third-order valence-corrected chi connectivity index (χ3v) is 19.6. The summed E-state index contributed by atoms with van der Waals surface area (Å²) in [5.74, 6) is -8.97. The Kier molecular flexibility index (Phi) is 25.1. The summed E-state index contributed by atoms with van der Waals surface area (Å²) in [6, 6.07) is 12.4. The molecular formula is C63H84N4O22S2. The minimum Gasteiger partial charge on any atom is -0.481 e. The van der Waals surface area contributed by atoms with E-state index >= 15 is 9.59 Å². The molecule has 0 unspecified atom stereocenters. The lowest BCUT2D eigenvalue weighted by Crippen LogP contribution is -2.81. The Morgan fingerprint density at radius 2 is 1.54 bits per heavy atom. The molecule has 3 aliphatic carbocycles. The molecule has 1 heterocycles. The van der Waals surface area contributed by atoms with Crippen LogP contribution in [-0.4, -0.2) is 173 Å². The van der Waals surface area contributed by atoms with Crippen molar-refractivity contribution in [2.75, 3.05) is 31.8 Å². The van der Waals surface area contributed by atoms with Gasteiger partial charge in [0, 0.05) is 63.3 Å². The monoisotopic (exact) mass is 1310 g/mol. The molecule has 3 fully saturated rings. The van der Waals surface area contributed by atoms with Gasteiger partial charge in [0.25, 0.3) is 6.47 Å². The van der Waals surface area contributed by atoms with Crippen molar-refractivity contribution in [1.82, 2.24) is 21.3 Å². The standard InChI is InChI=1S/C63H84N4O22S2/c1-35-41(31-63(81)53(87-55(77)39-22-15-12-16-23-39)51-61(9,52(74)36(2)48(35)60(63,7)8)42(82-10)30-43-62(51,33-83-43)88-37(3)69)85-56(78)50(49(38-20-13-11-14-21-38)67-58(80)89-59(4,5)6)86-47(73)25-19-29-90-91-32-44(70)64-28-18-17-24-40(54(75)76)65-57(79)66-45(84-34-68)26-27-46(71)72/h11-16,20-23,34,36,40-43,45,49-51,53,81H,17-19,24-33H2,1-10H3,(H,64,70)(H,67,80)(H,71,72)(H,75,76)(H2,65,66,79)/t36-,40+,41+,42+,43-,45-,49+,50-,51+,53+,61-,62+,63-/m1/s1. The van der Waals surface area contributed by atoms with E-state index in [1.807, 2.05) is 0 Å². The van der Waals surface area contributed by atoms with Crippen LogP contribution in [0.15, 0.2) is 71.8 Å². The second-order valence-corrected chi connectivity index (χ2v) is 27.3. The Bertz CT molecular complexity index is 3020. The highest BCUT2D eigenvalue weighted by atomic mass is 33.1. The number of esters is 4. The molecule has 26 nitrogen and oxygen atoms in total. The highest BCUT2D eigenvalue weighted by molar-refractivity contribution is 8.76. The fraction of sp³-hybridized carbons (Fsp3) is 0.603. The van der Waals surface area contributed by atoms with E-state index in [0.29, 0.717) is 28.9 Å². The molecule has 2 aromatic carbocycles. The number of aliphatic carboxylic acids is 2. The normalized spacial score (nSPS) is 26.0. The molecule has 500 valence electrons. The molecule has 6 rings (SSSR count). The minimum atomic E-state index is -2.28. The third kappa shape index (κ3) is 17.5. The van der Waals surface area contributed by atoms with Crippen LogP contribution >= 0.6 is 21.6 Å². The second kappa shape index (κ2) is 31.4. The molecular weight excluding hydrogens is 1230 g/mol. The van der Waals surface area contributed by atoms with Crippen molar-refractivity contribution in [2.45, 2.75) is 186 Å². The molecule has 0 spiro atoms. The molecule has 13 atom stereocenters. The predicted molar refractivity (Wildman–Crippen MR) is 327 cm³/mol. The number of carboxylic acid groups (broad SMARTS) is 2. The van der Waals surface area contributed by atoms with Gasteiger partial charge in [-0.1, -0.05) is 90.9 Å². The topological polar surface area (TPSA) is 370 Å². The summed E-state index contributed by atoms with van der Waals surface area (Å²) < 4.78 is 47.9. The zero-order chi connectivity index (χ0) is 67.2. The van der Waals surface area contributed by atoms with E-state index in [0.717, 1.165) is 0 Å². The number of unbranched alkanes of at least 4 members (excludes halogenated alkanes) is 1. The van der Waals surface area contributed by atoms with Crippen molar-refractivity contribution in [3.8, 4) is 0 Å². The molecule has 91 heavy (non-hydrogen) atoms. The van der Waals surface area contributed by atoms with Gasteiger partial charge in [-0.05, 0) is 89.1 Å². The highest BCUT2D eigenvalue weighted by Gasteiger charge is 2.78. The molecule has 0 aromatic heterocycles. The number of benzene rings is 2. The van der Waals surface area contributed by atoms with Crippen LogP contribution in [0.4, 0.5) is 9.59 Å². The first kappa shape index (κ1) is 72.8. The average Bonchev–Trinajstić information content (AvgIpc) is 0.671. The second-order valence-electron chi connectivity index (χ2n) is 24.8. The van der Waals surface area contributed by atoms with Crippen LogP contribution in [-0.2, 0) is 76.3 Å². The van der Waals surface area contributed by atoms with Gasteiger partial charge in [0.15, 0.2) is 11.8 Å². The summed E-state index contributed by atoms with van der Waals surface area (Å²) in [4.78, 5) is 145. The number of amides is 4. The number of alkyl carbamates (subject to hydrolysis) is 1. The van der Waals surface area contributed by atoms with Gasteiger partial charge >= 0.3 is 47.9 Å². The Morgan fingerprint density at radius 1 is 0.868 bits per heavy atom. The number of hydrogen-bond donors (Lipinski definition) is 7. The SMILES string of the molecule is CO[C@H]1C[C@H]2OC[C@@]2(OC(C)=O)[C@H]2[C@H](OC(=O)c3ccccc3)[C@]3(O)C[C@H](OC(=O)[C@H](OC(=O)CCCSSCC(=O)NCCCC[C@H](NC(=O)N[C@@H](CCC(=O)O)OC=O)C(=O)O)[C@@H](NC(=O)OC(C)(C)C)c4ccccc4)C(C)=C([C@@H](C)C(=O)[C@]12C)C3(C)C. The molecule has 2 saturated carbocycles. The molecule has 0 radical (unpaired) electrons. The number of ether oxygens (including phenoxy) is 8. The number of hydrogen-bond acceptors (Lipinski definition) is 22. The fourth-order valence-corrected chi connectivity index (χ4v) is 14.9. The fourth-order valence-electron chi connectivity index (χ4n) is 13.0. The molecule has 28 heteroatoms. The number of fused-ring (bicyclic) bond motifs is 5. The summed E-state index contributed by atoms with van der Waals surface area (Å²) in [6.07, 6.45) is -9.65. The summed E-state index contributed by atoms with van der Waals surface area (Å²) in [6.45, 7) is 14.5.